The molecule has 0 fully saturated rings. The first-order chi connectivity index (χ1) is 9.93. The Kier molecular flexibility index (Phi) is 3.37. The van der Waals surface area contributed by atoms with Crippen molar-refractivity contribution in [3.63, 3.8) is 0 Å². The van der Waals surface area contributed by atoms with Gasteiger partial charge in [0.15, 0.2) is 0 Å². The van der Waals surface area contributed by atoms with E-state index in [9.17, 15) is 13.2 Å². The van der Waals surface area contributed by atoms with Crippen LogP contribution in [-0.4, -0.2) is 9.38 Å². The molecule has 0 aliphatic rings. The monoisotopic (exact) mass is 310 g/mol. The van der Waals surface area contributed by atoms with Crippen LogP contribution >= 0.6 is 11.6 Å². The second kappa shape index (κ2) is 5.07. The molecule has 0 saturated heterocycles. The summed E-state index contributed by atoms with van der Waals surface area (Å²) in [6, 6.07) is 8.75. The van der Waals surface area contributed by atoms with Gasteiger partial charge in [0.2, 0.25) is 0 Å². The van der Waals surface area contributed by atoms with Crippen LogP contribution in [0.15, 0.2) is 48.8 Å². The van der Waals surface area contributed by atoms with Gasteiger partial charge in [0.1, 0.15) is 5.82 Å². The number of rotatable bonds is 2. The van der Waals surface area contributed by atoms with Crippen molar-refractivity contribution in [2.45, 2.75) is 12.6 Å². The van der Waals surface area contributed by atoms with Crippen LogP contribution in [0.4, 0.5) is 13.2 Å². The zero-order valence-corrected chi connectivity index (χ0v) is 11.5. The fourth-order valence-corrected chi connectivity index (χ4v) is 2.37. The molecule has 2 nitrogen and oxygen atoms in total. The van der Waals surface area contributed by atoms with Crippen molar-refractivity contribution in [3.05, 3.63) is 70.8 Å². The van der Waals surface area contributed by atoms with E-state index in [1.165, 1.54) is 6.07 Å². The smallest absolute Gasteiger partial charge is 0.303 e. The number of aromatic nitrogens is 2. The number of nitrogens with zero attached hydrogens (tertiary/aromatic N) is 2. The van der Waals surface area contributed by atoms with Crippen molar-refractivity contribution >= 4 is 17.1 Å². The summed E-state index contributed by atoms with van der Waals surface area (Å²) in [5.41, 5.74) is 0.723. The highest BCUT2D eigenvalue weighted by Crippen LogP contribution is 2.30. The number of hydrogen-bond donors (Lipinski definition) is 0. The Bertz CT molecular complexity index is 793. The molecule has 0 aliphatic carbocycles. The molecule has 21 heavy (non-hydrogen) atoms. The molecule has 2 aromatic heterocycles. The standard InChI is InChI=1S/C15H10ClF3N2/c16-12-4-5-21-13(8-12)9-20-14(21)7-10-2-1-3-11(6-10)15(17,18)19/h1-6,8-9H,7H2. The van der Waals surface area contributed by atoms with Gasteiger partial charge in [0.25, 0.3) is 0 Å². The predicted molar refractivity (Wildman–Crippen MR) is 74.5 cm³/mol. The van der Waals surface area contributed by atoms with Crippen molar-refractivity contribution in [2.24, 2.45) is 0 Å². The first kappa shape index (κ1) is 13.9. The van der Waals surface area contributed by atoms with Crippen molar-refractivity contribution in [2.75, 3.05) is 0 Å². The Labute approximate surface area is 123 Å². The van der Waals surface area contributed by atoms with Crippen molar-refractivity contribution in [3.8, 4) is 0 Å². The SMILES string of the molecule is FC(F)(F)c1cccc(Cc2ncc3cc(Cl)ccn23)c1. The Morgan fingerprint density at radius 1 is 1.14 bits per heavy atom. The largest absolute Gasteiger partial charge is 0.416 e. The number of alkyl halides is 3. The van der Waals surface area contributed by atoms with E-state index in [1.807, 2.05) is 4.40 Å². The van der Waals surface area contributed by atoms with Crippen LogP contribution in [0.2, 0.25) is 5.02 Å². The molecule has 3 aromatic rings. The van der Waals surface area contributed by atoms with Crippen LogP contribution in [0.1, 0.15) is 17.0 Å². The molecule has 3 rings (SSSR count). The maximum atomic E-state index is 12.7. The lowest BCUT2D eigenvalue weighted by Crippen LogP contribution is -2.05. The Morgan fingerprint density at radius 2 is 1.95 bits per heavy atom. The van der Waals surface area contributed by atoms with Gasteiger partial charge in [0.05, 0.1) is 17.3 Å². The van der Waals surface area contributed by atoms with Gasteiger partial charge in [-0.2, -0.15) is 13.2 Å². The molecule has 0 amide bonds. The molecular formula is C15H10ClF3N2. The molecule has 0 N–H and O–H groups in total. The quantitative estimate of drug-likeness (QED) is 0.676. The third kappa shape index (κ3) is 2.88. The lowest BCUT2D eigenvalue weighted by Gasteiger charge is -2.08. The Morgan fingerprint density at radius 3 is 2.71 bits per heavy atom. The van der Waals surface area contributed by atoms with E-state index in [1.54, 1.807) is 30.6 Å². The highest BCUT2D eigenvalue weighted by molar-refractivity contribution is 6.30. The van der Waals surface area contributed by atoms with Crippen molar-refractivity contribution in [1.29, 1.82) is 0 Å². The van der Waals surface area contributed by atoms with Gasteiger partial charge >= 0.3 is 6.18 Å². The van der Waals surface area contributed by atoms with Crippen LogP contribution in [0.5, 0.6) is 0 Å². The number of halogens is 4. The molecule has 0 radical (unpaired) electrons. The molecule has 0 spiro atoms. The van der Waals surface area contributed by atoms with Gasteiger partial charge in [-0.05, 0) is 23.8 Å². The van der Waals surface area contributed by atoms with E-state index in [2.05, 4.69) is 4.98 Å². The maximum absolute atomic E-state index is 12.7. The van der Waals surface area contributed by atoms with Gasteiger partial charge in [-0.25, -0.2) is 4.98 Å². The minimum absolute atomic E-state index is 0.319. The number of pyridine rings is 1. The summed E-state index contributed by atoms with van der Waals surface area (Å²) < 4.78 is 39.9. The summed E-state index contributed by atoms with van der Waals surface area (Å²) in [6.07, 6.45) is -0.611. The Hall–Kier alpha value is -2.01. The first-order valence-corrected chi connectivity index (χ1v) is 6.59. The average Bonchev–Trinajstić information content (AvgIpc) is 2.80. The second-order valence-corrected chi connectivity index (χ2v) is 5.13. The number of imidazole rings is 1. The number of hydrogen-bond acceptors (Lipinski definition) is 1. The van der Waals surface area contributed by atoms with E-state index in [0.717, 1.165) is 17.6 Å². The minimum atomic E-state index is -4.34. The third-order valence-electron chi connectivity index (χ3n) is 3.19. The predicted octanol–water partition coefficient (Wildman–Crippen LogP) is 4.60. The molecule has 6 heteroatoms. The molecule has 1 aromatic carbocycles. The van der Waals surface area contributed by atoms with Crippen LogP contribution in [0.25, 0.3) is 5.52 Å². The topological polar surface area (TPSA) is 17.3 Å². The van der Waals surface area contributed by atoms with Gasteiger partial charge in [0, 0.05) is 17.6 Å². The zero-order chi connectivity index (χ0) is 15.0. The second-order valence-electron chi connectivity index (χ2n) is 4.69. The number of fused-ring (bicyclic) bond motifs is 1. The zero-order valence-electron chi connectivity index (χ0n) is 10.7. The fraction of sp³-hybridized carbons (Fsp3) is 0.133. The molecule has 108 valence electrons. The van der Waals surface area contributed by atoms with Crippen molar-refractivity contribution in [1.82, 2.24) is 9.38 Å². The van der Waals surface area contributed by atoms with Crippen molar-refractivity contribution < 1.29 is 13.2 Å². The molecule has 0 saturated carbocycles. The summed E-state index contributed by atoms with van der Waals surface area (Å²) in [4.78, 5) is 4.25. The molecular weight excluding hydrogens is 301 g/mol. The minimum Gasteiger partial charge on any atom is -0.303 e. The summed E-state index contributed by atoms with van der Waals surface area (Å²) in [5, 5.41) is 0.591. The van der Waals surface area contributed by atoms with Crippen LogP contribution < -0.4 is 0 Å². The number of benzene rings is 1. The van der Waals surface area contributed by atoms with Crippen LogP contribution in [-0.2, 0) is 12.6 Å². The first-order valence-electron chi connectivity index (χ1n) is 6.21. The van der Waals surface area contributed by atoms with Gasteiger partial charge < -0.3 is 4.40 Å². The fourth-order valence-electron chi connectivity index (χ4n) is 2.20. The normalized spacial score (nSPS) is 12.0. The van der Waals surface area contributed by atoms with Crippen LogP contribution in [0.3, 0.4) is 0 Å². The summed E-state index contributed by atoms with van der Waals surface area (Å²) in [6.45, 7) is 0. The van der Waals surface area contributed by atoms with E-state index in [0.29, 0.717) is 22.8 Å². The van der Waals surface area contributed by atoms with E-state index in [-0.39, 0.29) is 0 Å². The van der Waals surface area contributed by atoms with Gasteiger partial charge in [-0.3, -0.25) is 0 Å². The lowest BCUT2D eigenvalue weighted by atomic mass is 10.1. The van der Waals surface area contributed by atoms with E-state index < -0.39 is 11.7 Å². The average molecular weight is 311 g/mol. The summed E-state index contributed by atoms with van der Waals surface area (Å²) in [7, 11) is 0. The van der Waals surface area contributed by atoms with E-state index in [4.69, 9.17) is 11.6 Å². The maximum Gasteiger partial charge on any atom is 0.416 e. The highest BCUT2D eigenvalue weighted by atomic mass is 35.5. The molecule has 2 heterocycles. The Balaban J connectivity index is 1.95. The van der Waals surface area contributed by atoms with Gasteiger partial charge in [-0.1, -0.05) is 29.8 Å². The summed E-state index contributed by atoms with van der Waals surface area (Å²) >= 11 is 5.89. The molecule has 0 atom stereocenters. The highest BCUT2D eigenvalue weighted by Gasteiger charge is 2.30. The molecule has 0 bridgehead atoms. The van der Waals surface area contributed by atoms with E-state index >= 15 is 0 Å². The lowest BCUT2D eigenvalue weighted by molar-refractivity contribution is -0.137. The third-order valence-corrected chi connectivity index (χ3v) is 3.42. The summed E-state index contributed by atoms with van der Waals surface area (Å²) in [5.74, 6) is 0.668. The molecule has 0 aliphatic heterocycles. The van der Waals surface area contributed by atoms with Gasteiger partial charge in [-0.15, -0.1) is 0 Å². The molecule has 0 unspecified atom stereocenters. The van der Waals surface area contributed by atoms with Crippen LogP contribution in [0, 0.1) is 0 Å².